The van der Waals surface area contributed by atoms with Crippen molar-refractivity contribution in [1.82, 2.24) is 0 Å². The van der Waals surface area contributed by atoms with Crippen LogP contribution in [0.4, 0.5) is 0 Å². The van der Waals surface area contributed by atoms with Gasteiger partial charge in [-0.3, -0.25) is 0 Å². The van der Waals surface area contributed by atoms with Gasteiger partial charge in [0.1, 0.15) is 0 Å². The van der Waals surface area contributed by atoms with E-state index in [4.69, 9.17) is 10.8 Å². The van der Waals surface area contributed by atoms with Crippen molar-refractivity contribution in [2.24, 2.45) is 11.7 Å². The predicted octanol–water partition coefficient (Wildman–Crippen LogP) is 0.621. The lowest BCUT2D eigenvalue weighted by Gasteiger charge is -2.16. The second-order valence-electron chi connectivity index (χ2n) is 2.60. The maximum atomic E-state index is 8.71. The van der Waals surface area contributed by atoms with Crippen molar-refractivity contribution in [3.05, 3.63) is 11.8 Å². The highest BCUT2D eigenvalue weighted by molar-refractivity contribution is 5.01. The summed E-state index contributed by atoms with van der Waals surface area (Å²) in [5, 5.41) is 8.71. The number of nitrogens with two attached hydrogens (primary N) is 1. The quantitative estimate of drug-likeness (QED) is 0.542. The van der Waals surface area contributed by atoms with Crippen LogP contribution in [-0.2, 0) is 0 Å². The van der Waals surface area contributed by atoms with E-state index in [0.717, 1.165) is 25.0 Å². The Balaban J connectivity index is 2.36. The van der Waals surface area contributed by atoms with E-state index in [1.165, 1.54) is 0 Å². The number of rotatable bonds is 1. The Morgan fingerprint density at radius 2 is 2.56 bits per heavy atom. The standard InChI is InChI=1S/C7H13NO/c8-7-3-1-6(5-9)2-4-7/h3,6,9H,1-2,4-5,8H2/t6-/m1/s1. The molecule has 2 heteroatoms. The van der Waals surface area contributed by atoms with Crippen molar-refractivity contribution < 1.29 is 5.11 Å². The monoisotopic (exact) mass is 127 g/mol. The van der Waals surface area contributed by atoms with Gasteiger partial charge in [-0.1, -0.05) is 6.08 Å². The van der Waals surface area contributed by atoms with Crippen molar-refractivity contribution in [3.63, 3.8) is 0 Å². The van der Waals surface area contributed by atoms with Gasteiger partial charge >= 0.3 is 0 Å². The van der Waals surface area contributed by atoms with Crippen LogP contribution in [0.3, 0.4) is 0 Å². The Labute approximate surface area is 55.4 Å². The molecule has 0 radical (unpaired) electrons. The van der Waals surface area contributed by atoms with E-state index in [0.29, 0.717) is 12.5 Å². The van der Waals surface area contributed by atoms with Gasteiger partial charge in [-0.15, -0.1) is 0 Å². The van der Waals surface area contributed by atoms with Crippen LogP contribution in [0.25, 0.3) is 0 Å². The minimum Gasteiger partial charge on any atom is -0.402 e. The van der Waals surface area contributed by atoms with Crippen LogP contribution in [0.2, 0.25) is 0 Å². The van der Waals surface area contributed by atoms with Crippen molar-refractivity contribution in [2.75, 3.05) is 6.61 Å². The molecule has 0 bridgehead atoms. The molecule has 0 aromatic carbocycles. The lowest BCUT2D eigenvalue weighted by molar-refractivity contribution is 0.216. The fourth-order valence-corrected chi connectivity index (χ4v) is 1.07. The lowest BCUT2D eigenvalue weighted by atomic mass is 9.94. The molecule has 0 fully saturated rings. The van der Waals surface area contributed by atoms with E-state index >= 15 is 0 Å². The zero-order valence-corrected chi connectivity index (χ0v) is 5.51. The molecule has 9 heavy (non-hydrogen) atoms. The smallest absolute Gasteiger partial charge is 0.0462 e. The second kappa shape index (κ2) is 2.87. The van der Waals surface area contributed by atoms with E-state index in [2.05, 4.69) is 0 Å². The van der Waals surface area contributed by atoms with Crippen molar-refractivity contribution in [1.29, 1.82) is 0 Å². The van der Waals surface area contributed by atoms with Crippen molar-refractivity contribution >= 4 is 0 Å². The van der Waals surface area contributed by atoms with Crippen LogP contribution in [-0.4, -0.2) is 11.7 Å². The van der Waals surface area contributed by atoms with E-state index in [1.807, 2.05) is 6.08 Å². The number of hydrogen-bond donors (Lipinski definition) is 2. The van der Waals surface area contributed by atoms with Crippen molar-refractivity contribution in [2.45, 2.75) is 19.3 Å². The molecule has 2 nitrogen and oxygen atoms in total. The summed E-state index contributed by atoms with van der Waals surface area (Å²) in [7, 11) is 0. The third kappa shape index (κ3) is 1.72. The highest BCUT2D eigenvalue weighted by atomic mass is 16.3. The van der Waals surface area contributed by atoms with Crippen LogP contribution >= 0.6 is 0 Å². The summed E-state index contributed by atoms with van der Waals surface area (Å²) in [4.78, 5) is 0. The van der Waals surface area contributed by atoms with E-state index in [9.17, 15) is 0 Å². The lowest BCUT2D eigenvalue weighted by Crippen LogP contribution is -2.12. The summed E-state index contributed by atoms with van der Waals surface area (Å²) in [5.41, 5.74) is 6.52. The molecular weight excluding hydrogens is 114 g/mol. The highest BCUT2D eigenvalue weighted by Gasteiger charge is 2.10. The largest absolute Gasteiger partial charge is 0.402 e. The number of aliphatic hydroxyl groups excluding tert-OH is 1. The molecule has 0 amide bonds. The first kappa shape index (κ1) is 6.62. The molecule has 1 aliphatic rings. The Kier molecular flexibility index (Phi) is 2.11. The third-order valence-corrected chi connectivity index (χ3v) is 1.81. The summed E-state index contributed by atoms with van der Waals surface area (Å²) in [6.45, 7) is 0.309. The first-order chi connectivity index (χ1) is 4.33. The van der Waals surface area contributed by atoms with Crippen LogP contribution in [0.15, 0.2) is 11.8 Å². The maximum absolute atomic E-state index is 8.71. The molecule has 1 aliphatic carbocycles. The zero-order chi connectivity index (χ0) is 6.69. The first-order valence-electron chi connectivity index (χ1n) is 3.38. The summed E-state index contributed by atoms with van der Waals surface area (Å²) in [6.07, 6.45) is 5.00. The Morgan fingerprint density at radius 1 is 1.78 bits per heavy atom. The van der Waals surface area contributed by atoms with Crippen LogP contribution in [0.1, 0.15) is 19.3 Å². The van der Waals surface area contributed by atoms with E-state index in [-0.39, 0.29) is 0 Å². The van der Waals surface area contributed by atoms with Crippen LogP contribution in [0, 0.1) is 5.92 Å². The molecule has 3 N–H and O–H groups in total. The zero-order valence-electron chi connectivity index (χ0n) is 5.51. The molecule has 52 valence electrons. The van der Waals surface area contributed by atoms with Gasteiger partial charge in [-0.25, -0.2) is 0 Å². The molecule has 0 saturated heterocycles. The topological polar surface area (TPSA) is 46.2 Å². The number of allylic oxidation sites excluding steroid dienone is 2. The summed E-state index contributed by atoms with van der Waals surface area (Å²) < 4.78 is 0. The second-order valence-corrected chi connectivity index (χ2v) is 2.60. The molecule has 0 heterocycles. The Bertz CT molecular complexity index is 120. The molecule has 0 aromatic heterocycles. The van der Waals surface area contributed by atoms with Gasteiger partial charge in [-0.2, -0.15) is 0 Å². The average molecular weight is 127 g/mol. The molecular formula is C7H13NO. The molecule has 1 rings (SSSR count). The van der Waals surface area contributed by atoms with Gasteiger partial charge in [0, 0.05) is 12.3 Å². The van der Waals surface area contributed by atoms with Gasteiger partial charge in [-0.05, 0) is 25.2 Å². The van der Waals surface area contributed by atoms with Crippen molar-refractivity contribution in [3.8, 4) is 0 Å². The number of aliphatic hydroxyl groups is 1. The normalized spacial score (nSPS) is 27.7. The molecule has 0 aliphatic heterocycles. The average Bonchev–Trinajstić information content (AvgIpc) is 1.90. The van der Waals surface area contributed by atoms with Gasteiger partial charge in [0.15, 0.2) is 0 Å². The van der Waals surface area contributed by atoms with Gasteiger partial charge < -0.3 is 10.8 Å². The summed E-state index contributed by atoms with van der Waals surface area (Å²) in [6, 6.07) is 0. The fraction of sp³-hybridized carbons (Fsp3) is 0.714. The fourth-order valence-electron chi connectivity index (χ4n) is 1.07. The summed E-state index contributed by atoms with van der Waals surface area (Å²) in [5.74, 6) is 0.470. The van der Waals surface area contributed by atoms with Gasteiger partial charge in [0.2, 0.25) is 0 Å². The first-order valence-corrected chi connectivity index (χ1v) is 3.38. The molecule has 0 spiro atoms. The maximum Gasteiger partial charge on any atom is 0.0462 e. The van der Waals surface area contributed by atoms with Crippen LogP contribution in [0.5, 0.6) is 0 Å². The van der Waals surface area contributed by atoms with Crippen LogP contribution < -0.4 is 5.73 Å². The minimum absolute atomic E-state index is 0.309. The predicted molar refractivity (Wildman–Crippen MR) is 36.7 cm³/mol. The third-order valence-electron chi connectivity index (χ3n) is 1.81. The summed E-state index contributed by atoms with van der Waals surface area (Å²) >= 11 is 0. The van der Waals surface area contributed by atoms with E-state index in [1.54, 1.807) is 0 Å². The van der Waals surface area contributed by atoms with E-state index < -0.39 is 0 Å². The molecule has 1 atom stereocenters. The van der Waals surface area contributed by atoms with Gasteiger partial charge in [0.25, 0.3) is 0 Å². The molecule has 0 aromatic rings. The minimum atomic E-state index is 0.309. The number of hydrogen-bond acceptors (Lipinski definition) is 2. The Hall–Kier alpha value is -0.500. The Morgan fingerprint density at radius 3 is 3.00 bits per heavy atom. The highest BCUT2D eigenvalue weighted by Crippen LogP contribution is 2.19. The van der Waals surface area contributed by atoms with Gasteiger partial charge in [0.05, 0.1) is 0 Å². The molecule has 0 unspecified atom stereocenters. The SMILES string of the molecule is NC1=CC[C@@H](CO)CC1. The molecule has 0 saturated carbocycles.